The summed E-state index contributed by atoms with van der Waals surface area (Å²) >= 11 is 0. The van der Waals surface area contributed by atoms with Crippen LogP contribution in [0.5, 0.6) is 5.75 Å². The summed E-state index contributed by atoms with van der Waals surface area (Å²) in [5.74, 6) is 0.911. The van der Waals surface area contributed by atoms with E-state index in [9.17, 15) is 9.59 Å². The van der Waals surface area contributed by atoms with Crippen LogP contribution >= 0.6 is 0 Å². The molecule has 1 N–H and O–H groups in total. The Morgan fingerprint density at radius 1 is 1.03 bits per heavy atom. The van der Waals surface area contributed by atoms with Crippen LogP contribution in [0.25, 0.3) is 0 Å². The van der Waals surface area contributed by atoms with Gasteiger partial charge in [0.05, 0.1) is 13.2 Å². The Balaban J connectivity index is 1.47. The molecule has 1 fully saturated rings. The lowest BCUT2D eigenvalue weighted by Gasteiger charge is -2.22. The first-order chi connectivity index (χ1) is 15.2. The van der Waals surface area contributed by atoms with Crippen molar-refractivity contribution in [3.8, 4) is 5.75 Å². The zero-order chi connectivity index (χ0) is 21.5. The molecule has 160 valence electrons. The highest BCUT2D eigenvalue weighted by atomic mass is 16.5. The number of ether oxygens (including phenoxy) is 1. The van der Waals surface area contributed by atoms with E-state index in [1.54, 1.807) is 30.6 Å². The minimum Gasteiger partial charge on any atom is -0.489 e. The van der Waals surface area contributed by atoms with Crippen molar-refractivity contribution in [1.29, 1.82) is 0 Å². The molecular weight excluding hydrogens is 390 g/mol. The van der Waals surface area contributed by atoms with E-state index in [-0.39, 0.29) is 11.1 Å². The van der Waals surface area contributed by atoms with E-state index < -0.39 is 5.91 Å². The van der Waals surface area contributed by atoms with E-state index in [1.807, 2.05) is 30.3 Å². The molecular formula is C25H27N3O3. The number of carbonyl (C=O) groups is 1. The van der Waals surface area contributed by atoms with Gasteiger partial charge in [0.2, 0.25) is 0 Å². The molecule has 6 nitrogen and oxygen atoms in total. The van der Waals surface area contributed by atoms with Gasteiger partial charge < -0.3 is 14.6 Å². The van der Waals surface area contributed by atoms with E-state index in [0.717, 1.165) is 5.56 Å². The minimum atomic E-state index is -0.492. The van der Waals surface area contributed by atoms with E-state index in [1.165, 1.54) is 42.7 Å². The fraction of sp³-hybridized carbons (Fsp3) is 0.320. The van der Waals surface area contributed by atoms with Crippen molar-refractivity contribution in [3.63, 3.8) is 0 Å². The summed E-state index contributed by atoms with van der Waals surface area (Å²) in [5, 5.41) is 2.76. The maximum absolute atomic E-state index is 12.9. The molecule has 0 aliphatic heterocycles. The highest BCUT2D eigenvalue weighted by molar-refractivity contribution is 6.04. The third-order valence-electron chi connectivity index (χ3n) is 5.66. The van der Waals surface area contributed by atoms with Gasteiger partial charge in [0.15, 0.2) is 11.6 Å². The molecule has 2 heterocycles. The van der Waals surface area contributed by atoms with Crippen molar-refractivity contribution in [2.45, 2.75) is 38.6 Å². The van der Waals surface area contributed by atoms with Crippen molar-refractivity contribution in [2.75, 3.05) is 11.9 Å². The van der Waals surface area contributed by atoms with Crippen molar-refractivity contribution in [3.05, 3.63) is 88.5 Å². The second-order valence-corrected chi connectivity index (χ2v) is 7.96. The van der Waals surface area contributed by atoms with Crippen LogP contribution in [0.15, 0.2) is 71.8 Å². The largest absolute Gasteiger partial charge is 0.489 e. The topological polar surface area (TPSA) is 73.2 Å². The van der Waals surface area contributed by atoms with Gasteiger partial charge in [0, 0.05) is 12.4 Å². The Morgan fingerprint density at radius 2 is 1.84 bits per heavy atom. The molecule has 6 heteroatoms. The first kappa shape index (κ1) is 20.8. The predicted octanol–water partition coefficient (Wildman–Crippen LogP) is 4.50. The fourth-order valence-corrected chi connectivity index (χ4v) is 3.95. The number of amides is 1. The number of carbonyl (C=O) groups excluding carboxylic acids is 1. The number of anilines is 1. The summed E-state index contributed by atoms with van der Waals surface area (Å²) in [6.45, 7) is 1.02. The monoisotopic (exact) mass is 417 g/mol. The lowest BCUT2D eigenvalue weighted by atomic mass is 9.90. The van der Waals surface area contributed by atoms with Gasteiger partial charge in [-0.15, -0.1) is 0 Å². The summed E-state index contributed by atoms with van der Waals surface area (Å²) in [6.07, 6.45) is 9.42. The second-order valence-electron chi connectivity index (χ2n) is 7.96. The number of hydrogen-bond donors (Lipinski definition) is 1. The van der Waals surface area contributed by atoms with Gasteiger partial charge in [0.25, 0.3) is 11.5 Å². The first-order valence-electron chi connectivity index (χ1n) is 10.8. The molecule has 1 aliphatic carbocycles. The summed E-state index contributed by atoms with van der Waals surface area (Å²) in [6, 6.07) is 16.5. The molecule has 1 amide bonds. The standard InChI is InChI=1S/C25H27N3O3/c29-24(21-13-8-16-28(25(21)30)17-19-9-3-1-4-10-19)27-23-22(14-7-15-26-23)31-18-20-11-5-2-6-12-20/h1,3-4,7-10,13-16,20H,2,5-6,11-12,17-18H2,(H,26,27,29). The zero-order valence-corrected chi connectivity index (χ0v) is 17.5. The Kier molecular flexibility index (Phi) is 6.77. The molecule has 0 atom stereocenters. The molecule has 31 heavy (non-hydrogen) atoms. The predicted molar refractivity (Wildman–Crippen MR) is 121 cm³/mol. The van der Waals surface area contributed by atoms with E-state index in [4.69, 9.17) is 4.74 Å². The molecule has 0 radical (unpaired) electrons. The average Bonchev–Trinajstić information content (AvgIpc) is 2.81. The van der Waals surface area contributed by atoms with Gasteiger partial charge in [-0.1, -0.05) is 49.6 Å². The van der Waals surface area contributed by atoms with Gasteiger partial charge in [0.1, 0.15) is 5.56 Å². The Bertz CT molecular complexity index is 1070. The third-order valence-corrected chi connectivity index (χ3v) is 5.66. The minimum absolute atomic E-state index is 0.0716. The normalized spacial score (nSPS) is 14.2. The number of nitrogens with zero attached hydrogens (tertiary/aromatic N) is 2. The highest BCUT2D eigenvalue weighted by Crippen LogP contribution is 2.27. The quantitative estimate of drug-likeness (QED) is 0.614. The Morgan fingerprint density at radius 3 is 2.65 bits per heavy atom. The van der Waals surface area contributed by atoms with Crippen molar-refractivity contribution in [1.82, 2.24) is 9.55 Å². The molecule has 0 spiro atoms. The molecule has 4 rings (SSSR count). The van der Waals surface area contributed by atoms with Crippen molar-refractivity contribution >= 4 is 11.7 Å². The van der Waals surface area contributed by atoms with Crippen LogP contribution in [0.4, 0.5) is 5.82 Å². The van der Waals surface area contributed by atoms with Gasteiger partial charge in [-0.05, 0) is 48.6 Å². The van der Waals surface area contributed by atoms with Crippen molar-refractivity contribution in [2.24, 2.45) is 5.92 Å². The molecule has 1 aliphatic rings. The van der Waals surface area contributed by atoms with Crippen LogP contribution in [0.1, 0.15) is 48.0 Å². The lowest BCUT2D eigenvalue weighted by molar-refractivity contribution is 0.102. The number of nitrogens with one attached hydrogen (secondary N) is 1. The van der Waals surface area contributed by atoms with Gasteiger partial charge in [-0.2, -0.15) is 0 Å². The maximum Gasteiger partial charge on any atom is 0.263 e. The molecule has 0 saturated heterocycles. The highest BCUT2D eigenvalue weighted by Gasteiger charge is 2.18. The summed E-state index contributed by atoms with van der Waals surface area (Å²) < 4.78 is 7.52. The van der Waals surface area contributed by atoms with E-state index >= 15 is 0 Å². The number of rotatable bonds is 7. The SMILES string of the molecule is O=C(Nc1ncccc1OCC1CCCCC1)c1cccn(Cc2ccccc2)c1=O. The lowest BCUT2D eigenvalue weighted by Crippen LogP contribution is -2.29. The van der Waals surface area contributed by atoms with E-state index in [0.29, 0.717) is 30.6 Å². The Hall–Kier alpha value is -3.41. The van der Waals surface area contributed by atoms with Crippen LogP contribution in [0.2, 0.25) is 0 Å². The van der Waals surface area contributed by atoms with Crippen LogP contribution in [-0.2, 0) is 6.54 Å². The first-order valence-corrected chi connectivity index (χ1v) is 10.8. The number of hydrogen-bond acceptors (Lipinski definition) is 4. The number of benzene rings is 1. The summed E-state index contributed by atoms with van der Waals surface area (Å²) in [7, 11) is 0. The summed E-state index contributed by atoms with van der Waals surface area (Å²) in [4.78, 5) is 30.0. The van der Waals surface area contributed by atoms with Gasteiger partial charge >= 0.3 is 0 Å². The molecule has 2 aromatic heterocycles. The van der Waals surface area contributed by atoms with Gasteiger partial charge in [-0.3, -0.25) is 9.59 Å². The fourth-order valence-electron chi connectivity index (χ4n) is 3.95. The third kappa shape index (κ3) is 5.40. The number of pyridine rings is 2. The van der Waals surface area contributed by atoms with Crippen LogP contribution < -0.4 is 15.6 Å². The average molecular weight is 418 g/mol. The zero-order valence-electron chi connectivity index (χ0n) is 17.5. The Labute approximate surface area is 181 Å². The van der Waals surface area contributed by atoms with Crippen molar-refractivity contribution < 1.29 is 9.53 Å². The maximum atomic E-state index is 12.9. The van der Waals surface area contributed by atoms with Crippen LogP contribution in [0.3, 0.4) is 0 Å². The number of aromatic nitrogens is 2. The smallest absolute Gasteiger partial charge is 0.263 e. The molecule has 0 bridgehead atoms. The van der Waals surface area contributed by atoms with Crippen LogP contribution in [0, 0.1) is 5.92 Å². The van der Waals surface area contributed by atoms with E-state index in [2.05, 4.69) is 10.3 Å². The molecule has 0 unspecified atom stereocenters. The summed E-state index contributed by atoms with van der Waals surface area (Å²) in [5.41, 5.74) is 0.719. The molecule has 3 aromatic rings. The van der Waals surface area contributed by atoms with Crippen LogP contribution in [-0.4, -0.2) is 22.1 Å². The molecule has 1 saturated carbocycles. The molecule has 1 aromatic carbocycles. The second kappa shape index (κ2) is 10.1. The van der Waals surface area contributed by atoms with Gasteiger partial charge in [-0.25, -0.2) is 4.98 Å².